The normalized spacial score (nSPS) is 11.4. The third kappa shape index (κ3) is 4.18. The molecule has 0 aliphatic rings. The molecule has 0 saturated heterocycles. The number of rotatable bonds is 9. The predicted molar refractivity (Wildman–Crippen MR) is 117 cm³/mol. The molecule has 30 heavy (non-hydrogen) atoms. The monoisotopic (exact) mass is 426 g/mol. The third-order valence-corrected chi connectivity index (χ3v) is 5.74. The average Bonchev–Trinajstić information content (AvgIpc) is 3.18. The summed E-state index contributed by atoms with van der Waals surface area (Å²) in [4.78, 5) is 13.0. The minimum Gasteiger partial charge on any atom is -0.493 e. The largest absolute Gasteiger partial charge is 0.493 e. The topological polar surface area (TPSA) is 61.4 Å². The number of benzene rings is 2. The van der Waals surface area contributed by atoms with Gasteiger partial charge in [0.05, 0.1) is 17.5 Å². The minimum absolute atomic E-state index is 0.0346. The number of fused-ring (bicyclic) bond motifs is 3. The smallest absolute Gasteiger partial charge is 0.262 e. The second-order valence-corrected chi connectivity index (χ2v) is 8.02. The zero-order chi connectivity index (χ0) is 20.9. The van der Waals surface area contributed by atoms with Gasteiger partial charge in [-0.2, -0.15) is 0 Å². The molecule has 0 amide bonds. The molecule has 2 aromatic heterocycles. The number of aromatic nitrogens is 4. The van der Waals surface area contributed by atoms with Crippen molar-refractivity contribution >= 4 is 28.4 Å². The van der Waals surface area contributed by atoms with Crippen LogP contribution in [-0.4, -0.2) is 31.5 Å². The molecule has 4 rings (SSSR count). The van der Waals surface area contributed by atoms with Gasteiger partial charge in [0.1, 0.15) is 11.6 Å². The number of para-hydroxylation sites is 1. The zero-order valence-electron chi connectivity index (χ0n) is 16.8. The number of nitrogens with zero attached hydrogens (tertiary/aromatic N) is 4. The maximum atomic E-state index is 13.3. The molecule has 0 unspecified atom stereocenters. The summed E-state index contributed by atoms with van der Waals surface area (Å²) >= 11 is 1.49. The van der Waals surface area contributed by atoms with Crippen molar-refractivity contribution in [2.75, 3.05) is 12.4 Å². The number of hydrogen-bond donors (Lipinski definition) is 0. The van der Waals surface area contributed by atoms with E-state index in [1.165, 1.54) is 23.9 Å². The fourth-order valence-electron chi connectivity index (χ4n) is 3.40. The Balaban J connectivity index is 1.60. The van der Waals surface area contributed by atoms with E-state index in [2.05, 4.69) is 17.1 Å². The number of ether oxygens (including phenoxy) is 1. The lowest BCUT2D eigenvalue weighted by Crippen LogP contribution is -2.23. The summed E-state index contributed by atoms with van der Waals surface area (Å²) < 4.78 is 22.5. The molecule has 0 N–H and O–H groups in total. The van der Waals surface area contributed by atoms with Crippen LogP contribution < -0.4 is 10.3 Å². The van der Waals surface area contributed by atoms with Crippen molar-refractivity contribution in [1.82, 2.24) is 19.2 Å². The Kier molecular flexibility index (Phi) is 6.32. The van der Waals surface area contributed by atoms with E-state index in [1.807, 2.05) is 28.7 Å². The standard InChI is InChI=1S/C22H23FN4O2S/c1-2-3-6-12-26-20(28)18-10-4-5-11-19(18)27-21(26)24-25-22(27)30-14-13-29-17-9-7-8-16(23)15-17/h4-5,7-11,15H,2-3,6,12-14H2,1H3. The van der Waals surface area contributed by atoms with E-state index in [-0.39, 0.29) is 11.4 Å². The van der Waals surface area contributed by atoms with Crippen LogP contribution in [0.2, 0.25) is 0 Å². The van der Waals surface area contributed by atoms with Crippen LogP contribution in [-0.2, 0) is 6.54 Å². The third-order valence-electron chi connectivity index (χ3n) is 4.84. The first-order valence-corrected chi connectivity index (χ1v) is 11.1. The van der Waals surface area contributed by atoms with Gasteiger partial charge in [-0.25, -0.2) is 4.39 Å². The van der Waals surface area contributed by atoms with E-state index in [9.17, 15) is 9.18 Å². The highest BCUT2D eigenvalue weighted by Crippen LogP contribution is 2.22. The van der Waals surface area contributed by atoms with Gasteiger partial charge in [-0.05, 0) is 30.7 Å². The average molecular weight is 427 g/mol. The van der Waals surface area contributed by atoms with E-state index >= 15 is 0 Å². The number of halogens is 1. The Morgan fingerprint density at radius 3 is 2.80 bits per heavy atom. The Morgan fingerprint density at radius 1 is 1.10 bits per heavy atom. The molecule has 0 saturated carbocycles. The van der Waals surface area contributed by atoms with E-state index in [1.54, 1.807) is 16.7 Å². The fourth-order valence-corrected chi connectivity index (χ4v) is 4.15. The van der Waals surface area contributed by atoms with E-state index in [0.717, 1.165) is 24.8 Å². The van der Waals surface area contributed by atoms with Gasteiger partial charge in [-0.1, -0.05) is 49.7 Å². The zero-order valence-corrected chi connectivity index (χ0v) is 17.6. The lowest BCUT2D eigenvalue weighted by atomic mass is 10.2. The maximum absolute atomic E-state index is 13.3. The summed E-state index contributed by atoms with van der Waals surface area (Å²) in [6.45, 7) is 3.15. The lowest BCUT2D eigenvalue weighted by Gasteiger charge is -2.11. The van der Waals surface area contributed by atoms with Gasteiger partial charge < -0.3 is 4.74 Å². The van der Waals surface area contributed by atoms with Crippen molar-refractivity contribution in [2.45, 2.75) is 37.9 Å². The Labute approximate surface area is 177 Å². The van der Waals surface area contributed by atoms with Crippen LogP contribution >= 0.6 is 11.8 Å². The summed E-state index contributed by atoms with van der Waals surface area (Å²) in [6.07, 6.45) is 3.05. The molecule has 0 aliphatic carbocycles. The Hall–Kier alpha value is -2.87. The highest BCUT2D eigenvalue weighted by atomic mass is 32.2. The molecule has 2 heterocycles. The Bertz CT molecular complexity index is 1220. The summed E-state index contributed by atoms with van der Waals surface area (Å²) in [5, 5.41) is 10.0. The second-order valence-electron chi connectivity index (χ2n) is 6.95. The highest BCUT2D eigenvalue weighted by Gasteiger charge is 2.16. The summed E-state index contributed by atoms with van der Waals surface area (Å²) in [5.41, 5.74) is 0.760. The van der Waals surface area contributed by atoms with Crippen molar-refractivity contribution in [3.8, 4) is 5.75 Å². The van der Waals surface area contributed by atoms with Gasteiger partial charge in [0, 0.05) is 18.4 Å². The lowest BCUT2D eigenvalue weighted by molar-refractivity contribution is 0.342. The van der Waals surface area contributed by atoms with Crippen molar-refractivity contribution in [3.63, 3.8) is 0 Å². The van der Waals surface area contributed by atoms with E-state index in [4.69, 9.17) is 4.74 Å². The molecule has 0 radical (unpaired) electrons. The van der Waals surface area contributed by atoms with Gasteiger partial charge >= 0.3 is 0 Å². The van der Waals surface area contributed by atoms with Gasteiger partial charge in [-0.3, -0.25) is 13.8 Å². The molecule has 0 atom stereocenters. The molecule has 0 spiro atoms. The molecule has 0 bridgehead atoms. The maximum Gasteiger partial charge on any atom is 0.262 e. The van der Waals surface area contributed by atoms with Crippen molar-refractivity contribution in [2.24, 2.45) is 0 Å². The van der Waals surface area contributed by atoms with Crippen LogP contribution in [0.5, 0.6) is 5.75 Å². The predicted octanol–water partition coefficient (Wildman–Crippen LogP) is 4.54. The van der Waals surface area contributed by atoms with Crippen molar-refractivity contribution in [1.29, 1.82) is 0 Å². The van der Waals surface area contributed by atoms with Crippen LogP contribution in [0.4, 0.5) is 4.39 Å². The number of aryl methyl sites for hydroxylation is 1. The van der Waals surface area contributed by atoms with Gasteiger partial charge in [0.15, 0.2) is 5.16 Å². The molecule has 6 nitrogen and oxygen atoms in total. The summed E-state index contributed by atoms with van der Waals surface area (Å²) in [7, 11) is 0. The number of unbranched alkanes of at least 4 members (excludes halogenated alkanes) is 2. The van der Waals surface area contributed by atoms with Crippen LogP contribution in [0.15, 0.2) is 58.5 Å². The first-order valence-electron chi connectivity index (χ1n) is 10.1. The van der Waals surface area contributed by atoms with Gasteiger partial charge in [-0.15, -0.1) is 10.2 Å². The van der Waals surface area contributed by atoms with Crippen molar-refractivity contribution in [3.05, 3.63) is 64.7 Å². The van der Waals surface area contributed by atoms with Crippen LogP contribution in [0.25, 0.3) is 16.7 Å². The van der Waals surface area contributed by atoms with Crippen LogP contribution in [0, 0.1) is 5.82 Å². The molecular formula is C22H23FN4O2S. The quantitative estimate of drug-likeness (QED) is 0.290. The molecule has 8 heteroatoms. The van der Waals surface area contributed by atoms with Gasteiger partial charge in [0.2, 0.25) is 5.78 Å². The SMILES string of the molecule is CCCCCn1c(=O)c2ccccc2n2c(SCCOc3cccc(F)c3)nnc12. The van der Waals surface area contributed by atoms with E-state index < -0.39 is 0 Å². The summed E-state index contributed by atoms with van der Waals surface area (Å²) in [6, 6.07) is 13.6. The molecule has 2 aromatic carbocycles. The first kappa shape index (κ1) is 20.4. The van der Waals surface area contributed by atoms with Crippen LogP contribution in [0.3, 0.4) is 0 Å². The Morgan fingerprint density at radius 2 is 1.97 bits per heavy atom. The van der Waals surface area contributed by atoms with E-state index in [0.29, 0.717) is 41.0 Å². The second kappa shape index (κ2) is 9.30. The molecule has 4 aromatic rings. The number of thioether (sulfide) groups is 1. The van der Waals surface area contributed by atoms with Crippen LogP contribution in [0.1, 0.15) is 26.2 Å². The number of hydrogen-bond acceptors (Lipinski definition) is 5. The highest BCUT2D eigenvalue weighted by molar-refractivity contribution is 7.99. The van der Waals surface area contributed by atoms with Gasteiger partial charge in [0.25, 0.3) is 5.56 Å². The fraction of sp³-hybridized carbons (Fsp3) is 0.318. The van der Waals surface area contributed by atoms with Crippen molar-refractivity contribution < 1.29 is 9.13 Å². The minimum atomic E-state index is -0.323. The summed E-state index contributed by atoms with van der Waals surface area (Å²) in [5.74, 6) is 1.34. The molecule has 156 valence electrons. The first-order chi connectivity index (χ1) is 14.7. The molecule has 0 aliphatic heterocycles. The molecular weight excluding hydrogens is 403 g/mol. The molecule has 0 fully saturated rings.